The number of nitrogens with zero attached hydrogens (tertiary/aromatic N) is 1. The Morgan fingerprint density at radius 3 is 2.65 bits per heavy atom. The van der Waals surface area contributed by atoms with Crippen molar-refractivity contribution in [2.75, 3.05) is 13.1 Å². The first-order valence-electron chi connectivity index (χ1n) is 7.72. The number of hydrogen-bond donors (Lipinski definition) is 2. The molecule has 0 spiro atoms. The van der Waals surface area contributed by atoms with Crippen LogP contribution in [-0.2, 0) is 5.41 Å². The van der Waals surface area contributed by atoms with Gasteiger partial charge >= 0.3 is 0 Å². The molecule has 0 radical (unpaired) electrons. The van der Waals surface area contributed by atoms with Crippen molar-refractivity contribution in [3.63, 3.8) is 0 Å². The summed E-state index contributed by atoms with van der Waals surface area (Å²) in [6.07, 6.45) is 3.90. The van der Waals surface area contributed by atoms with Gasteiger partial charge in [-0.15, -0.1) is 0 Å². The zero-order valence-electron chi connectivity index (χ0n) is 12.8. The van der Waals surface area contributed by atoms with E-state index in [9.17, 15) is 0 Å². The third-order valence-corrected chi connectivity index (χ3v) is 4.93. The second kappa shape index (κ2) is 5.12. The summed E-state index contributed by atoms with van der Waals surface area (Å²) in [6, 6.07) is 7.42. The molecule has 1 aliphatic heterocycles. The normalized spacial score (nSPS) is 23.8. The Morgan fingerprint density at radius 2 is 2.10 bits per heavy atom. The summed E-state index contributed by atoms with van der Waals surface area (Å²) in [6.45, 7) is 8.44. The molecule has 1 saturated carbocycles. The fourth-order valence-corrected chi connectivity index (χ4v) is 3.16. The van der Waals surface area contributed by atoms with Crippen LogP contribution < -0.4 is 10.6 Å². The number of nitrogens with one attached hydrogen (secondary N) is 2. The van der Waals surface area contributed by atoms with Crippen LogP contribution in [0.5, 0.6) is 0 Å². The monoisotopic (exact) mass is 271 g/mol. The lowest BCUT2D eigenvalue weighted by molar-refractivity contribution is 0.244. The standard InChI is InChI=1S/C17H25N3/c1-12-5-6-15(9-13(12)2)17(7-4-8-17)11-19-16-18-10-14(3)20-16/h5-6,9,14H,4,7-8,10-11H2,1-3H3,(H2,18,19,20). The van der Waals surface area contributed by atoms with Crippen LogP contribution in [0, 0.1) is 13.8 Å². The molecule has 1 fully saturated rings. The topological polar surface area (TPSA) is 36.4 Å². The Labute approximate surface area is 121 Å². The zero-order valence-corrected chi connectivity index (χ0v) is 12.8. The molecule has 1 unspecified atom stereocenters. The van der Waals surface area contributed by atoms with Gasteiger partial charge in [0.1, 0.15) is 0 Å². The van der Waals surface area contributed by atoms with Gasteiger partial charge in [0.05, 0.1) is 6.54 Å². The second-order valence-corrected chi connectivity index (χ2v) is 6.52. The average molecular weight is 271 g/mol. The van der Waals surface area contributed by atoms with Gasteiger partial charge in [0.25, 0.3) is 0 Å². The minimum absolute atomic E-state index is 0.314. The minimum Gasteiger partial charge on any atom is -0.356 e. The minimum atomic E-state index is 0.314. The summed E-state index contributed by atoms with van der Waals surface area (Å²) in [5.41, 5.74) is 4.59. The van der Waals surface area contributed by atoms with Gasteiger partial charge in [-0.2, -0.15) is 0 Å². The number of hydrogen-bond acceptors (Lipinski definition) is 3. The molecule has 0 amide bonds. The van der Waals surface area contributed by atoms with E-state index < -0.39 is 0 Å². The van der Waals surface area contributed by atoms with E-state index in [1.165, 1.54) is 36.0 Å². The van der Waals surface area contributed by atoms with E-state index in [0.717, 1.165) is 19.0 Å². The number of aryl methyl sites for hydroxylation is 2. The molecule has 20 heavy (non-hydrogen) atoms. The Morgan fingerprint density at radius 1 is 1.30 bits per heavy atom. The molecule has 1 aromatic carbocycles. The maximum absolute atomic E-state index is 4.50. The van der Waals surface area contributed by atoms with Gasteiger partial charge in [-0.25, -0.2) is 0 Å². The summed E-state index contributed by atoms with van der Waals surface area (Å²) in [5.74, 6) is 0.979. The van der Waals surface area contributed by atoms with E-state index in [4.69, 9.17) is 0 Å². The molecular formula is C17H25N3. The van der Waals surface area contributed by atoms with Crippen molar-refractivity contribution >= 4 is 5.96 Å². The van der Waals surface area contributed by atoms with Crippen molar-refractivity contribution in [3.05, 3.63) is 34.9 Å². The lowest BCUT2D eigenvalue weighted by atomic mass is 9.64. The first-order chi connectivity index (χ1) is 9.59. The number of aliphatic imine (C=N–C) groups is 1. The fraction of sp³-hybridized carbons (Fsp3) is 0.588. The second-order valence-electron chi connectivity index (χ2n) is 6.52. The molecule has 1 aliphatic carbocycles. The quantitative estimate of drug-likeness (QED) is 0.886. The summed E-state index contributed by atoms with van der Waals surface area (Å²) in [5, 5.41) is 6.91. The van der Waals surface area contributed by atoms with Crippen LogP contribution in [0.3, 0.4) is 0 Å². The SMILES string of the molecule is Cc1ccc(C2(CNC3=NCC(C)N3)CCC2)cc1C. The average Bonchev–Trinajstić information content (AvgIpc) is 2.78. The Kier molecular flexibility index (Phi) is 3.45. The molecule has 0 saturated heterocycles. The molecule has 0 bridgehead atoms. The maximum atomic E-state index is 4.50. The molecule has 1 aromatic rings. The van der Waals surface area contributed by atoms with Crippen LogP contribution in [0.4, 0.5) is 0 Å². The van der Waals surface area contributed by atoms with Crippen molar-refractivity contribution in [1.29, 1.82) is 0 Å². The van der Waals surface area contributed by atoms with Crippen LogP contribution in [0.2, 0.25) is 0 Å². The molecule has 1 heterocycles. The van der Waals surface area contributed by atoms with Gasteiger partial charge in [-0.1, -0.05) is 24.6 Å². The summed E-state index contributed by atoms with van der Waals surface area (Å²) in [7, 11) is 0. The molecule has 3 rings (SSSR count). The predicted molar refractivity (Wildman–Crippen MR) is 84.3 cm³/mol. The third-order valence-electron chi connectivity index (χ3n) is 4.93. The Bertz CT molecular complexity index is 529. The van der Waals surface area contributed by atoms with Gasteiger partial charge in [0.15, 0.2) is 5.96 Å². The van der Waals surface area contributed by atoms with Crippen molar-refractivity contribution in [1.82, 2.24) is 10.6 Å². The van der Waals surface area contributed by atoms with E-state index >= 15 is 0 Å². The highest BCUT2D eigenvalue weighted by atomic mass is 15.2. The van der Waals surface area contributed by atoms with Crippen molar-refractivity contribution in [3.8, 4) is 0 Å². The molecule has 2 N–H and O–H groups in total. The predicted octanol–water partition coefficient (Wildman–Crippen LogP) is 2.66. The summed E-state index contributed by atoms with van der Waals surface area (Å²) in [4.78, 5) is 4.50. The first-order valence-corrected chi connectivity index (χ1v) is 7.72. The lowest BCUT2D eigenvalue weighted by Gasteiger charge is -2.43. The van der Waals surface area contributed by atoms with Gasteiger partial charge in [0.2, 0.25) is 0 Å². The van der Waals surface area contributed by atoms with E-state index in [-0.39, 0.29) is 0 Å². The maximum Gasteiger partial charge on any atom is 0.191 e. The highest BCUT2D eigenvalue weighted by Gasteiger charge is 2.39. The largest absolute Gasteiger partial charge is 0.356 e. The van der Waals surface area contributed by atoms with E-state index in [1.54, 1.807) is 0 Å². The van der Waals surface area contributed by atoms with Crippen LogP contribution in [0.1, 0.15) is 42.9 Å². The lowest BCUT2D eigenvalue weighted by Crippen LogP contribution is -2.48. The summed E-state index contributed by atoms with van der Waals surface area (Å²) < 4.78 is 0. The van der Waals surface area contributed by atoms with Gasteiger partial charge in [-0.05, 0) is 50.3 Å². The first kappa shape index (κ1) is 13.5. The van der Waals surface area contributed by atoms with E-state index in [2.05, 4.69) is 54.6 Å². The molecule has 2 aliphatic rings. The van der Waals surface area contributed by atoms with Gasteiger partial charge in [0, 0.05) is 18.0 Å². The molecule has 1 atom stereocenters. The Hall–Kier alpha value is -1.51. The summed E-state index contributed by atoms with van der Waals surface area (Å²) >= 11 is 0. The van der Waals surface area contributed by atoms with Gasteiger partial charge in [-0.3, -0.25) is 4.99 Å². The fourth-order valence-electron chi connectivity index (χ4n) is 3.16. The van der Waals surface area contributed by atoms with Crippen molar-refractivity contribution in [2.45, 2.75) is 51.5 Å². The molecule has 3 nitrogen and oxygen atoms in total. The highest BCUT2D eigenvalue weighted by Crippen LogP contribution is 2.43. The van der Waals surface area contributed by atoms with E-state index in [1.807, 2.05) is 0 Å². The molecule has 108 valence electrons. The van der Waals surface area contributed by atoms with Crippen LogP contribution in [0.15, 0.2) is 23.2 Å². The van der Waals surface area contributed by atoms with Crippen LogP contribution >= 0.6 is 0 Å². The van der Waals surface area contributed by atoms with Crippen LogP contribution in [0.25, 0.3) is 0 Å². The molecular weight excluding hydrogens is 246 g/mol. The van der Waals surface area contributed by atoms with E-state index in [0.29, 0.717) is 11.5 Å². The number of benzene rings is 1. The zero-order chi connectivity index (χ0) is 14.2. The third kappa shape index (κ3) is 2.41. The highest BCUT2D eigenvalue weighted by molar-refractivity contribution is 5.81. The van der Waals surface area contributed by atoms with Gasteiger partial charge < -0.3 is 10.6 Å². The number of rotatable bonds is 3. The number of guanidine groups is 1. The molecule has 0 aromatic heterocycles. The smallest absolute Gasteiger partial charge is 0.191 e. The van der Waals surface area contributed by atoms with Crippen molar-refractivity contribution < 1.29 is 0 Å². The van der Waals surface area contributed by atoms with Crippen molar-refractivity contribution in [2.24, 2.45) is 4.99 Å². The Balaban J connectivity index is 1.72. The van der Waals surface area contributed by atoms with Crippen LogP contribution in [-0.4, -0.2) is 25.1 Å². The molecule has 3 heteroatoms.